The summed E-state index contributed by atoms with van der Waals surface area (Å²) in [7, 11) is 1.53. The van der Waals surface area contributed by atoms with Gasteiger partial charge in [0.1, 0.15) is 5.75 Å². The molecule has 0 spiro atoms. The Labute approximate surface area is 171 Å². The summed E-state index contributed by atoms with van der Waals surface area (Å²) in [4.78, 5) is 38.2. The van der Waals surface area contributed by atoms with Gasteiger partial charge >= 0.3 is 5.97 Å². The minimum atomic E-state index is -0.675. The van der Waals surface area contributed by atoms with Gasteiger partial charge in [0.25, 0.3) is 0 Å². The summed E-state index contributed by atoms with van der Waals surface area (Å²) in [5, 5.41) is 0.796. The van der Waals surface area contributed by atoms with Crippen LogP contribution in [0.2, 0.25) is 10.0 Å². The Bertz CT molecular complexity index is 913. The first kappa shape index (κ1) is 20.2. The fourth-order valence-corrected chi connectivity index (χ4v) is 3.29. The van der Waals surface area contributed by atoms with E-state index < -0.39 is 18.5 Å². The maximum absolute atomic E-state index is 12.3. The van der Waals surface area contributed by atoms with Crippen molar-refractivity contribution in [3.8, 4) is 5.75 Å². The van der Waals surface area contributed by atoms with Gasteiger partial charge in [-0.25, -0.2) is 0 Å². The summed E-state index contributed by atoms with van der Waals surface area (Å²) in [5.74, 6) is -1.25. The number of amides is 1. The second kappa shape index (κ2) is 8.63. The topological polar surface area (TPSA) is 72.9 Å². The highest BCUT2D eigenvalue weighted by atomic mass is 35.5. The molecule has 6 nitrogen and oxygen atoms in total. The summed E-state index contributed by atoms with van der Waals surface area (Å²) in [6.07, 6.45) is -0.0155. The van der Waals surface area contributed by atoms with Crippen LogP contribution in [0.4, 0.5) is 5.69 Å². The van der Waals surface area contributed by atoms with Crippen LogP contribution in [0.5, 0.6) is 5.75 Å². The van der Waals surface area contributed by atoms with Crippen LogP contribution >= 0.6 is 23.2 Å². The Morgan fingerprint density at radius 2 is 1.86 bits per heavy atom. The lowest BCUT2D eigenvalue weighted by Crippen LogP contribution is -2.27. The van der Waals surface area contributed by atoms with Crippen molar-refractivity contribution in [2.24, 2.45) is 5.92 Å². The van der Waals surface area contributed by atoms with Crippen molar-refractivity contribution in [1.82, 2.24) is 0 Å². The van der Waals surface area contributed by atoms with Gasteiger partial charge in [-0.3, -0.25) is 14.4 Å². The largest absolute Gasteiger partial charge is 0.497 e. The number of hydrogen-bond donors (Lipinski definition) is 0. The molecule has 3 rings (SSSR count). The second-order valence-corrected chi connectivity index (χ2v) is 7.10. The molecule has 0 aliphatic carbocycles. The fraction of sp³-hybridized carbons (Fsp3) is 0.250. The number of hydrogen-bond acceptors (Lipinski definition) is 5. The minimum Gasteiger partial charge on any atom is -0.497 e. The van der Waals surface area contributed by atoms with Gasteiger partial charge in [0.15, 0.2) is 12.4 Å². The number of carbonyl (C=O) groups excluding carboxylic acids is 3. The van der Waals surface area contributed by atoms with Crippen LogP contribution in [0, 0.1) is 5.92 Å². The smallest absolute Gasteiger partial charge is 0.311 e. The third kappa shape index (κ3) is 4.46. The molecular weight excluding hydrogens is 405 g/mol. The minimum absolute atomic E-state index is 0.0155. The second-order valence-electron chi connectivity index (χ2n) is 6.26. The lowest BCUT2D eigenvalue weighted by molar-refractivity contribution is -0.147. The number of Topliss-reactive ketones (excluding diaryl/α,β-unsaturated/α-hetero) is 1. The number of carbonyl (C=O) groups is 3. The molecule has 1 aliphatic rings. The molecule has 0 saturated carbocycles. The van der Waals surface area contributed by atoms with Crippen LogP contribution in [0.25, 0.3) is 0 Å². The molecule has 0 radical (unpaired) electrons. The molecule has 1 fully saturated rings. The zero-order chi connectivity index (χ0) is 20.3. The van der Waals surface area contributed by atoms with Crippen molar-refractivity contribution in [2.75, 3.05) is 25.2 Å². The molecule has 0 N–H and O–H groups in total. The molecule has 1 saturated heterocycles. The van der Waals surface area contributed by atoms with Gasteiger partial charge in [0, 0.05) is 23.6 Å². The molecule has 0 bridgehead atoms. The SMILES string of the molecule is COc1ccc(C(=O)COC(=O)C2CC(=O)N(c3cc(Cl)ccc3Cl)C2)cc1. The van der Waals surface area contributed by atoms with Gasteiger partial charge < -0.3 is 14.4 Å². The number of ether oxygens (including phenoxy) is 2. The van der Waals surface area contributed by atoms with Crippen molar-refractivity contribution in [3.63, 3.8) is 0 Å². The van der Waals surface area contributed by atoms with Gasteiger partial charge in [-0.15, -0.1) is 0 Å². The van der Waals surface area contributed by atoms with E-state index in [0.717, 1.165) is 0 Å². The fourth-order valence-electron chi connectivity index (χ4n) is 2.91. The lowest BCUT2D eigenvalue weighted by atomic mass is 10.1. The maximum atomic E-state index is 12.3. The first-order chi connectivity index (χ1) is 13.4. The standard InChI is InChI=1S/C20H17Cl2NO5/c1-27-15-5-2-12(3-6-15)18(24)11-28-20(26)13-8-19(25)23(10-13)17-9-14(21)4-7-16(17)22/h2-7,9,13H,8,10-11H2,1H3. The molecule has 28 heavy (non-hydrogen) atoms. The van der Waals surface area contributed by atoms with Gasteiger partial charge in [-0.05, 0) is 42.5 Å². The normalized spacial score (nSPS) is 16.2. The van der Waals surface area contributed by atoms with Crippen molar-refractivity contribution in [1.29, 1.82) is 0 Å². The highest BCUT2D eigenvalue weighted by molar-refractivity contribution is 6.35. The predicted molar refractivity (Wildman–Crippen MR) is 105 cm³/mol. The van der Waals surface area contributed by atoms with Gasteiger partial charge in [-0.2, -0.15) is 0 Å². The molecule has 0 aromatic heterocycles. The van der Waals surface area contributed by atoms with Gasteiger partial charge in [-0.1, -0.05) is 23.2 Å². The van der Waals surface area contributed by atoms with Crippen molar-refractivity contribution < 1.29 is 23.9 Å². The van der Waals surface area contributed by atoms with Crippen molar-refractivity contribution in [3.05, 3.63) is 58.1 Å². The van der Waals surface area contributed by atoms with E-state index in [9.17, 15) is 14.4 Å². The molecule has 1 heterocycles. The van der Waals surface area contributed by atoms with Gasteiger partial charge in [0.05, 0.1) is 23.7 Å². The summed E-state index contributed by atoms with van der Waals surface area (Å²) in [5.41, 5.74) is 0.854. The highest BCUT2D eigenvalue weighted by Crippen LogP contribution is 2.33. The van der Waals surface area contributed by atoms with Crippen LogP contribution < -0.4 is 9.64 Å². The van der Waals surface area contributed by atoms with E-state index in [0.29, 0.717) is 27.0 Å². The first-order valence-corrected chi connectivity index (χ1v) is 9.24. The molecule has 146 valence electrons. The van der Waals surface area contributed by atoms with Gasteiger partial charge in [0.2, 0.25) is 5.91 Å². The van der Waals surface area contributed by atoms with E-state index in [-0.39, 0.29) is 24.7 Å². The van der Waals surface area contributed by atoms with E-state index in [1.54, 1.807) is 42.5 Å². The number of esters is 1. The average Bonchev–Trinajstić information content (AvgIpc) is 3.09. The third-order valence-electron chi connectivity index (χ3n) is 4.41. The molecule has 1 amide bonds. The van der Waals surface area contributed by atoms with Crippen LogP contribution in [-0.2, 0) is 14.3 Å². The number of rotatable bonds is 6. The van der Waals surface area contributed by atoms with E-state index in [4.69, 9.17) is 32.7 Å². The Balaban J connectivity index is 1.60. The molecule has 8 heteroatoms. The quantitative estimate of drug-likeness (QED) is 0.524. The number of methoxy groups -OCH3 is 1. The summed E-state index contributed by atoms with van der Waals surface area (Å²) in [6.45, 7) is -0.276. The molecule has 1 atom stereocenters. The zero-order valence-electron chi connectivity index (χ0n) is 15.0. The number of halogens is 2. The van der Waals surface area contributed by atoms with E-state index in [2.05, 4.69) is 0 Å². The molecule has 2 aromatic rings. The first-order valence-electron chi connectivity index (χ1n) is 8.48. The zero-order valence-corrected chi connectivity index (χ0v) is 16.5. The number of nitrogens with zero attached hydrogens (tertiary/aromatic N) is 1. The Kier molecular flexibility index (Phi) is 6.21. The molecule has 1 unspecified atom stereocenters. The van der Waals surface area contributed by atoms with Crippen molar-refractivity contribution >= 4 is 46.5 Å². The maximum Gasteiger partial charge on any atom is 0.311 e. The van der Waals surface area contributed by atoms with E-state index in [1.807, 2.05) is 0 Å². The Morgan fingerprint density at radius 3 is 2.54 bits per heavy atom. The van der Waals surface area contributed by atoms with Crippen LogP contribution in [-0.4, -0.2) is 37.9 Å². The van der Waals surface area contributed by atoms with E-state index in [1.165, 1.54) is 12.0 Å². The third-order valence-corrected chi connectivity index (χ3v) is 4.97. The molecule has 2 aromatic carbocycles. The molecular formula is C20H17Cl2NO5. The Hall–Kier alpha value is -2.57. The Morgan fingerprint density at radius 1 is 1.14 bits per heavy atom. The van der Waals surface area contributed by atoms with Crippen molar-refractivity contribution in [2.45, 2.75) is 6.42 Å². The summed E-state index contributed by atoms with van der Waals surface area (Å²) in [6, 6.07) is 11.3. The number of benzene rings is 2. The summed E-state index contributed by atoms with van der Waals surface area (Å²) < 4.78 is 10.2. The van der Waals surface area contributed by atoms with E-state index >= 15 is 0 Å². The highest BCUT2D eigenvalue weighted by Gasteiger charge is 2.37. The average molecular weight is 422 g/mol. The lowest BCUT2D eigenvalue weighted by Gasteiger charge is -2.18. The molecule has 1 aliphatic heterocycles. The number of ketones is 1. The van der Waals surface area contributed by atoms with Crippen LogP contribution in [0.1, 0.15) is 16.8 Å². The van der Waals surface area contributed by atoms with Crippen LogP contribution in [0.3, 0.4) is 0 Å². The monoisotopic (exact) mass is 421 g/mol. The number of anilines is 1. The predicted octanol–water partition coefficient (Wildman–Crippen LogP) is 3.78. The summed E-state index contributed by atoms with van der Waals surface area (Å²) >= 11 is 12.1. The van der Waals surface area contributed by atoms with Crippen LogP contribution in [0.15, 0.2) is 42.5 Å².